The van der Waals surface area contributed by atoms with Crippen LogP contribution in [0.3, 0.4) is 0 Å². The summed E-state index contributed by atoms with van der Waals surface area (Å²) in [6.45, 7) is 2.51. The number of nitrogens with two attached hydrogens (primary N) is 1. The molecule has 0 fully saturated rings. The number of hydrogen-bond donors (Lipinski definition) is 1. The summed E-state index contributed by atoms with van der Waals surface area (Å²) in [6, 6.07) is 5.87. The molecular formula is C12H11ClN6. The Hall–Kier alpha value is -2.21. The molecule has 96 valence electrons. The number of nitrogen functional groups attached to an aromatic ring is 1. The van der Waals surface area contributed by atoms with E-state index in [1.54, 1.807) is 6.33 Å². The molecule has 7 heteroatoms. The van der Waals surface area contributed by atoms with Gasteiger partial charge in [0.05, 0.1) is 18.6 Å². The van der Waals surface area contributed by atoms with Crippen molar-refractivity contribution in [1.29, 1.82) is 0 Å². The van der Waals surface area contributed by atoms with Crippen LogP contribution in [-0.2, 0) is 6.54 Å². The van der Waals surface area contributed by atoms with E-state index < -0.39 is 0 Å². The average Bonchev–Trinajstić information content (AvgIpc) is 2.73. The quantitative estimate of drug-likeness (QED) is 0.721. The van der Waals surface area contributed by atoms with Crippen LogP contribution in [0.15, 0.2) is 24.5 Å². The molecule has 3 heterocycles. The molecular weight excluding hydrogens is 264 g/mol. The maximum Gasteiger partial charge on any atom is 0.226 e. The Balaban J connectivity index is 2.06. The van der Waals surface area contributed by atoms with Gasteiger partial charge < -0.3 is 10.3 Å². The van der Waals surface area contributed by atoms with E-state index in [2.05, 4.69) is 19.9 Å². The minimum atomic E-state index is 0.115. The van der Waals surface area contributed by atoms with Gasteiger partial charge in [0.15, 0.2) is 11.5 Å². The molecule has 0 aliphatic carbocycles. The molecule has 0 bridgehead atoms. The zero-order chi connectivity index (χ0) is 13.4. The standard InChI is InChI=1S/C12H11ClN6/c1-7-3-2-4-8(16-7)5-19-6-15-9-10(14)17-12(13)18-11(9)19/h2-4,6H,5H2,1H3,(H2,14,17,18). The van der Waals surface area contributed by atoms with Gasteiger partial charge in [-0.2, -0.15) is 9.97 Å². The van der Waals surface area contributed by atoms with E-state index in [0.717, 1.165) is 11.4 Å². The molecule has 0 unspecified atom stereocenters. The number of nitrogens with zero attached hydrogens (tertiary/aromatic N) is 5. The minimum absolute atomic E-state index is 0.115. The maximum absolute atomic E-state index is 5.82. The third-order valence-corrected chi connectivity index (χ3v) is 2.91. The summed E-state index contributed by atoms with van der Waals surface area (Å²) in [5.41, 5.74) is 8.82. The number of halogens is 1. The van der Waals surface area contributed by atoms with Crippen LogP contribution in [0.1, 0.15) is 11.4 Å². The molecule has 3 rings (SSSR count). The molecule has 0 saturated heterocycles. The first-order valence-electron chi connectivity index (χ1n) is 5.70. The number of fused-ring (bicyclic) bond motifs is 1. The van der Waals surface area contributed by atoms with Crippen LogP contribution < -0.4 is 5.73 Å². The number of pyridine rings is 1. The highest BCUT2D eigenvalue weighted by Gasteiger charge is 2.10. The topological polar surface area (TPSA) is 82.5 Å². The van der Waals surface area contributed by atoms with Crippen molar-refractivity contribution in [2.24, 2.45) is 0 Å². The first-order valence-corrected chi connectivity index (χ1v) is 6.07. The number of aryl methyl sites for hydroxylation is 1. The van der Waals surface area contributed by atoms with Crippen molar-refractivity contribution in [2.45, 2.75) is 13.5 Å². The summed E-state index contributed by atoms with van der Waals surface area (Å²) >= 11 is 5.82. The Labute approximate surface area is 114 Å². The molecule has 0 radical (unpaired) electrons. The van der Waals surface area contributed by atoms with Crippen LogP contribution in [0, 0.1) is 6.92 Å². The third kappa shape index (κ3) is 2.22. The molecule has 0 spiro atoms. The lowest BCUT2D eigenvalue weighted by atomic mass is 10.3. The van der Waals surface area contributed by atoms with Crippen LogP contribution in [0.4, 0.5) is 5.82 Å². The normalized spacial score (nSPS) is 11.1. The van der Waals surface area contributed by atoms with Gasteiger partial charge in [-0.25, -0.2) is 4.98 Å². The fourth-order valence-electron chi connectivity index (χ4n) is 1.92. The van der Waals surface area contributed by atoms with Crippen molar-refractivity contribution in [3.63, 3.8) is 0 Å². The van der Waals surface area contributed by atoms with Gasteiger partial charge in [-0.1, -0.05) is 6.07 Å². The van der Waals surface area contributed by atoms with Gasteiger partial charge in [0.1, 0.15) is 5.52 Å². The number of hydrogen-bond acceptors (Lipinski definition) is 5. The second-order valence-electron chi connectivity index (χ2n) is 4.19. The van der Waals surface area contributed by atoms with E-state index in [4.69, 9.17) is 17.3 Å². The van der Waals surface area contributed by atoms with E-state index in [9.17, 15) is 0 Å². The van der Waals surface area contributed by atoms with Crippen LogP contribution in [0.5, 0.6) is 0 Å². The summed E-state index contributed by atoms with van der Waals surface area (Å²) < 4.78 is 1.85. The summed E-state index contributed by atoms with van der Waals surface area (Å²) in [5.74, 6) is 0.283. The molecule has 3 aromatic heterocycles. The molecule has 0 atom stereocenters. The van der Waals surface area contributed by atoms with Crippen LogP contribution in [-0.4, -0.2) is 24.5 Å². The lowest BCUT2D eigenvalue weighted by molar-refractivity contribution is 0.784. The average molecular weight is 275 g/mol. The van der Waals surface area contributed by atoms with Gasteiger partial charge >= 0.3 is 0 Å². The third-order valence-electron chi connectivity index (χ3n) is 2.74. The van der Waals surface area contributed by atoms with Crippen molar-refractivity contribution in [2.75, 3.05) is 5.73 Å². The monoisotopic (exact) mass is 274 g/mol. The second-order valence-corrected chi connectivity index (χ2v) is 4.53. The van der Waals surface area contributed by atoms with Crippen molar-refractivity contribution in [3.8, 4) is 0 Å². The predicted octanol–water partition coefficient (Wildman–Crippen LogP) is 1.81. The molecule has 0 aliphatic heterocycles. The first-order chi connectivity index (χ1) is 9.13. The SMILES string of the molecule is Cc1cccc(Cn2cnc3c(N)nc(Cl)nc32)n1. The Bertz CT molecular complexity index is 751. The van der Waals surface area contributed by atoms with Crippen molar-refractivity contribution >= 4 is 28.6 Å². The minimum Gasteiger partial charge on any atom is -0.382 e. The lowest BCUT2D eigenvalue weighted by Crippen LogP contribution is -2.03. The second kappa shape index (κ2) is 4.47. The number of aromatic nitrogens is 5. The molecule has 0 aromatic carbocycles. The van der Waals surface area contributed by atoms with Gasteiger partial charge in [0, 0.05) is 5.69 Å². The first kappa shape index (κ1) is 11.9. The van der Waals surface area contributed by atoms with Gasteiger partial charge in [-0.05, 0) is 30.7 Å². The van der Waals surface area contributed by atoms with E-state index in [1.165, 1.54) is 0 Å². The van der Waals surface area contributed by atoms with Gasteiger partial charge in [-0.3, -0.25) is 4.98 Å². The Kier molecular flexibility index (Phi) is 2.79. The molecule has 3 aromatic rings. The van der Waals surface area contributed by atoms with Crippen LogP contribution >= 0.6 is 11.6 Å². The molecule has 0 amide bonds. The molecule has 2 N–H and O–H groups in total. The highest BCUT2D eigenvalue weighted by molar-refractivity contribution is 6.28. The summed E-state index contributed by atoms with van der Waals surface area (Å²) in [4.78, 5) is 16.7. The largest absolute Gasteiger partial charge is 0.382 e. The maximum atomic E-state index is 5.82. The van der Waals surface area contributed by atoms with Crippen molar-refractivity contribution in [1.82, 2.24) is 24.5 Å². The molecule has 6 nitrogen and oxygen atoms in total. The zero-order valence-electron chi connectivity index (χ0n) is 10.2. The van der Waals surface area contributed by atoms with E-state index >= 15 is 0 Å². The Morgan fingerprint density at radius 1 is 1.26 bits per heavy atom. The van der Waals surface area contributed by atoms with Gasteiger partial charge in [-0.15, -0.1) is 0 Å². The number of imidazole rings is 1. The zero-order valence-corrected chi connectivity index (χ0v) is 11.0. The van der Waals surface area contributed by atoms with Crippen LogP contribution in [0.25, 0.3) is 11.2 Å². The van der Waals surface area contributed by atoms with Gasteiger partial charge in [0.2, 0.25) is 5.28 Å². The number of rotatable bonds is 2. The molecule has 19 heavy (non-hydrogen) atoms. The number of anilines is 1. The highest BCUT2D eigenvalue weighted by Crippen LogP contribution is 2.18. The van der Waals surface area contributed by atoms with Crippen LogP contribution in [0.2, 0.25) is 5.28 Å². The lowest BCUT2D eigenvalue weighted by Gasteiger charge is -2.04. The Morgan fingerprint density at radius 2 is 2.11 bits per heavy atom. The highest BCUT2D eigenvalue weighted by atomic mass is 35.5. The van der Waals surface area contributed by atoms with E-state index in [-0.39, 0.29) is 11.1 Å². The van der Waals surface area contributed by atoms with E-state index in [0.29, 0.717) is 17.7 Å². The smallest absolute Gasteiger partial charge is 0.226 e. The predicted molar refractivity (Wildman–Crippen MR) is 72.8 cm³/mol. The molecule has 0 saturated carbocycles. The fraction of sp³-hybridized carbons (Fsp3) is 0.167. The summed E-state index contributed by atoms with van der Waals surface area (Å²) in [6.07, 6.45) is 1.66. The Morgan fingerprint density at radius 3 is 2.89 bits per heavy atom. The van der Waals surface area contributed by atoms with Gasteiger partial charge in [0.25, 0.3) is 0 Å². The summed E-state index contributed by atoms with van der Waals surface area (Å²) in [5, 5.41) is 0.115. The van der Waals surface area contributed by atoms with Crippen molar-refractivity contribution < 1.29 is 0 Å². The molecule has 0 aliphatic rings. The summed E-state index contributed by atoms with van der Waals surface area (Å²) in [7, 11) is 0. The van der Waals surface area contributed by atoms with E-state index in [1.807, 2.05) is 29.7 Å². The fourth-order valence-corrected chi connectivity index (χ4v) is 2.09. The van der Waals surface area contributed by atoms with Crippen molar-refractivity contribution in [3.05, 3.63) is 41.2 Å².